The quantitative estimate of drug-likeness (QED) is 0.514. The molecule has 2 N–H and O–H groups in total. The molecule has 6 nitrogen and oxygen atoms in total. The molecule has 2 heterocycles. The Morgan fingerprint density at radius 3 is 2.62 bits per heavy atom. The van der Waals surface area contributed by atoms with Gasteiger partial charge in [-0.1, -0.05) is 54.6 Å². The Balaban J connectivity index is 1.43. The van der Waals surface area contributed by atoms with Gasteiger partial charge in [-0.3, -0.25) is 9.59 Å². The van der Waals surface area contributed by atoms with Crippen molar-refractivity contribution in [3.05, 3.63) is 84.1 Å². The molecular weight excluding hydrogens is 402 g/mol. The summed E-state index contributed by atoms with van der Waals surface area (Å²) in [5.41, 5.74) is 5.27. The number of nitrogens with one attached hydrogen (secondary N) is 2. The molecular formula is C26H23N3O3. The zero-order chi connectivity index (χ0) is 22.2. The van der Waals surface area contributed by atoms with Gasteiger partial charge in [-0.15, -0.1) is 0 Å². The number of aromatic amines is 1. The van der Waals surface area contributed by atoms with Gasteiger partial charge in [0.15, 0.2) is 0 Å². The maximum absolute atomic E-state index is 13.1. The van der Waals surface area contributed by atoms with Gasteiger partial charge in [0.25, 0.3) is 11.8 Å². The van der Waals surface area contributed by atoms with Gasteiger partial charge >= 0.3 is 0 Å². The first-order valence-electron chi connectivity index (χ1n) is 10.5. The van der Waals surface area contributed by atoms with Crippen LogP contribution in [0.25, 0.3) is 22.0 Å². The summed E-state index contributed by atoms with van der Waals surface area (Å²) in [7, 11) is 1.69. The molecule has 1 aromatic heterocycles. The fourth-order valence-corrected chi connectivity index (χ4v) is 4.17. The Hall–Kier alpha value is -4.06. The number of amides is 2. The van der Waals surface area contributed by atoms with Gasteiger partial charge in [0, 0.05) is 18.0 Å². The van der Waals surface area contributed by atoms with Crippen molar-refractivity contribution in [2.24, 2.45) is 0 Å². The highest BCUT2D eigenvalue weighted by Crippen LogP contribution is 2.32. The van der Waals surface area contributed by atoms with Crippen LogP contribution < -0.4 is 15.0 Å². The number of fused-ring (bicyclic) bond motifs is 2. The van der Waals surface area contributed by atoms with Crippen molar-refractivity contribution < 1.29 is 14.3 Å². The number of hydrogen-bond acceptors (Lipinski definition) is 3. The number of H-pyrrole nitrogens is 1. The van der Waals surface area contributed by atoms with Crippen LogP contribution in [0.5, 0.6) is 5.75 Å². The lowest BCUT2D eigenvalue weighted by Crippen LogP contribution is -2.49. The summed E-state index contributed by atoms with van der Waals surface area (Å²) in [6.45, 7) is 2.14. The molecule has 160 valence electrons. The van der Waals surface area contributed by atoms with E-state index in [0.717, 1.165) is 27.6 Å². The number of aryl methyl sites for hydroxylation is 1. The Labute approximate surface area is 185 Å². The topological polar surface area (TPSA) is 74.4 Å². The van der Waals surface area contributed by atoms with Gasteiger partial charge < -0.3 is 19.9 Å². The van der Waals surface area contributed by atoms with Crippen molar-refractivity contribution in [1.29, 1.82) is 0 Å². The van der Waals surface area contributed by atoms with E-state index in [0.29, 0.717) is 17.1 Å². The molecule has 2 amide bonds. The summed E-state index contributed by atoms with van der Waals surface area (Å²) in [4.78, 5) is 30.8. The zero-order valence-corrected chi connectivity index (χ0v) is 17.9. The third-order valence-corrected chi connectivity index (χ3v) is 5.90. The van der Waals surface area contributed by atoms with E-state index in [9.17, 15) is 9.59 Å². The van der Waals surface area contributed by atoms with Crippen LogP contribution in [-0.4, -0.2) is 36.5 Å². The van der Waals surface area contributed by atoms with Gasteiger partial charge in [0.1, 0.15) is 24.1 Å². The summed E-state index contributed by atoms with van der Waals surface area (Å²) < 4.78 is 5.80. The van der Waals surface area contributed by atoms with E-state index in [1.807, 2.05) is 60.7 Å². The van der Waals surface area contributed by atoms with Crippen LogP contribution >= 0.6 is 0 Å². The maximum atomic E-state index is 13.1. The SMILES string of the molecule is Cc1ccccc1-c1cccc2cc(C(=O)N[C@H]3COc4ccccc4N(C)C3=O)[nH]c12. The highest BCUT2D eigenvalue weighted by molar-refractivity contribution is 6.05. The molecule has 5 rings (SSSR count). The second-order valence-corrected chi connectivity index (χ2v) is 7.97. The summed E-state index contributed by atoms with van der Waals surface area (Å²) in [6.07, 6.45) is 0. The number of carbonyl (C=O) groups is 2. The van der Waals surface area contributed by atoms with Crippen molar-refractivity contribution in [2.45, 2.75) is 13.0 Å². The number of ether oxygens (including phenoxy) is 1. The number of anilines is 1. The van der Waals surface area contributed by atoms with E-state index < -0.39 is 6.04 Å². The van der Waals surface area contributed by atoms with Crippen LogP contribution in [0.4, 0.5) is 5.69 Å². The number of rotatable bonds is 3. The van der Waals surface area contributed by atoms with Crippen LogP contribution in [0.3, 0.4) is 0 Å². The lowest BCUT2D eigenvalue weighted by Gasteiger charge is -2.20. The minimum Gasteiger partial charge on any atom is -0.489 e. The largest absolute Gasteiger partial charge is 0.489 e. The zero-order valence-electron chi connectivity index (χ0n) is 17.9. The van der Waals surface area contributed by atoms with E-state index >= 15 is 0 Å². The van der Waals surface area contributed by atoms with Gasteiger partial charge in [-0.2, -0.15) is 0 Å². The molecule has 1 aliphatic rings. The number of benzene rings is 3. The lowest BCUT2D eigenvalue weighted by atomic mass is 9.99. The second kappa shape index (κ2) is 7.89. The number of hydrogen-bond donors (Lipinski definition) is 2. The first-order valence-corrected chi connectivity index (χ1v) is 10.5. The van der Waals surface area contributed by atoms with E-state index in [1.54, 1.807) is 7.05 Å². The average Bonchev–Trinajstić information content (AvgIpc) is 3.22. The fourth-order valence-electron chi connectivity index (χ4n) is 4.17. The van der Waals surface area contributed by atoms with E-state index in [1.165, 1.54) is 4.90 Å². The van der Waals surface area contributed by atoms with Gasteiger partial charge in [-0.25, -0.2) is 0 Å². The van der Waals surface area contributed by atoms with E-state index in [4.69, 9.17) is 4.74 Å². The molecule has 0 spiro atoms. The Morgan fingerprint density at radius 1 is 1.03 bits per heavy atom. The normalized spacial score (nSPS) is 15.8. The van der Waals surface area contributed by atoms with Crippen LogP contribution in [0.2, 0.25) is 0 Å². The molecule has 0 aliphatic carbocycles. The monoisotopic (exact) mass is 425 g/mol. The van der Waals surface area contributed by atoms with Crippen molar-refractivity contribution in [1.82, 2.24) is 10.3 Å². The molecule has 32 heavy (non-hydrogen) atoms. The number of aromatic nitrogens is 1. The van der Waals surface area contributed by atoms with E-state index in [2.05, 4.69) is 29.4 Å². The molecule has 0 unspecified atom stereocenters. The second-order valence-electron chi connectivity index (χ2n) is 7.97. The fraction of sp³-hybridized carbons (Fsp3) is 0.154. The van der Waals surface area contributed by atoms with Crippen LogP contribution in [-0.2, 0) is 4.79 Å². The lowest BCUT2D eigenvalue weighted by molar-refractivity contribution is -0.120. The first kappa shape index (κ1) is 19.9. The molecule has 4 aromatic rings. The third-order valence-electron chi connectivity index (χ3n) is 5.90. The number of likely N-dealkylation sites (N-methyl/N-ethyl adjacent to an activating group) is 1. The molecule has 0 saturated carbocycles. The maximum Gasteiger partial charge on any atom is 0.268 e. The highest BCUT2D eigenvalue weighted by Gasteiger charge is 2.31. The van der Waals surface area contributed by atoms with E-state index in [-0.39, 0.29) is 18.4 Å². The molecule has 3 aromatic carbocycles. The predicted molar refractivity (Wildman–Crippen MR) is 125 cm³/mol. The Kier molecular flexibility index (Phi) is 4.90. The van der Waals surface area contributed by atoms with Gasteiger partial charge in [0.05, 0.1) is 11.2 Å². The molecule has 0 saturated heterocycles. The third kappa shape index (κ3) is 3.39. The number of nitrogens with zero attached hydrogens (tertiary/aromatic N) is 1. The molecule has 1 atom stereocenters. The molecule has 6 heteroatoms. The number of para-hydroxylation sites is 3. The standard InChI is InChI=1S/C26H23N3O3/c1-16-8-3-4-10-18(16)19-11-7-9-17-14-20(27-24(17)19)25(30)28-21-15-32-23-13-6-5-12-22(23)29(2)26(21)31/h3-14,21,27H,15H2,1-2H3,(H,28,30)/t21-/m0/s1. The summed E-state index contributed by atoms with van der Waals surface area (Å²) in [5, 5.41) is 3.77. The number of carbonyl (C=O) groups excluding carboxylic acids is 2. The minimum atomic E-state index is -0.790. The van der Waals surface area contributed by atoms with Crippen molar-refractivity contribution in [3.63, 3.8) is 0 Å². The average molecular weight is 425 g/mol. The Bertz CT molecular complexity index is 1340. The first-order chi connectivity index (χ1) is 15.5. The van der Waals surface area contributed by atoms with Crippen LogP contribution in [0.1, 0.15) is 16.1 Å². The minimum absolute atomic E-state index is 0.0701. The Morgan fingerprint density at radius 2 is 1.78 bits per heavy atom. The van der Waals surface area contributed by atoms with Crippen molar-refractivity contribution >= 4 is 28.4 Å². The van der Waals surface area contributed by atoms with Crippen molar-refractivity contribution in [2.75, 3.05) is 18.6 Å². The molecule has 0 radical (unpaired) electrons. The van der Waals surface area contributed by atoms with Crippen molar-refractivity contribution in [3.8, 4) is 16.9 Å². The van der Waals surface area contributed by atoms with Crippen LogP contribution in [0, 0.1) is 6.92 Å². The summed E-state index contributed by atoms with van der Waals surface area (Å²) >= 11 is 0. The summed E-state index contributed by atoms with van der Waals surface area (Å²) in [5.74, 6) is 0.0480. The smallest absolute Gasteiger partial charge is 0.268 e. The van der Waals surface area contributed by atoms with Gasteiger partial charge in [0.2, 0.25) is 0 Å². The summed E-state index contributed by atoms with van der Waals surface area (Å²) in [6, 6.07) is 22.5. The van der Waals surface area contributed by atoms with Crippen LogP contribution in [0.15, 0.2) is 72.8 Å². The predicted octanol–water partition coefficient (Wildman–Crippen LogP) is 4.30. The highest BCUT2D eigenvalue weighted by atomic mass is 16.5. The molecule has 1 aliphatic heterocycles. The molecule has 0 fully saturated rings. The van der Waals surface area contributed by atoms with Gasteiger partial charge in [-0.05, 0) is 36.2 Å². The molecule has 0 bridgehead atoms.